The van der Waals surface area contributed by atoms with E-state index in [0.717, 1.165) is 6.92 Å². The SMILES string of the molecule is CC(=O)C(CP(=O)(O)O)[P+](O)(O)O. The molecule has 0 aliphatic carbocycles. The van der Waals surface area contributed by atoms with Crippen LogP contribution in [0.3, 0.4) is 0 Å². The highest BCUT2D eigenvalue weighted by molar-refractivity contribution is 7.62. The lowest BCUT2D eigenvalue weighted by molar-refractivity contribution is -0.116. The number of hydrogen-bond donors (Lipinski definition) is 5. The van der Waals surface area contributed by atoms with Crippen molar-refractivity contribution >= 4 is 21.3 Å². The van der Waals surface area contributed by atoms with Gasteiger partial charge in [-0.2, -0.15) is 14.7 Å². The van der Waals surface area contributed by atoms with Gasteiger partial charge < -0.3 is 9.79 Å². The molecule has 0 radical (unpaired) electrons. The lowest BCUT2D eigenvalue weighted by Gasteiger charge is -2.14. The molecule has 0 saturated carbocycles. The van der Waals surface area contributed by atoms with Gasteiger partial charge in [0.2, 0.25) is 5.66 Å². The summed E-state index contributed by atoms with van der Waals surface area (Å²) in [7, 11) is -9.07. The Labute approximate surface area is 74.8 Å². The van der Waals surface area contributed by atoms with Crippen molar-refractivity contribution in [3.05, 3.63) is 0 Å². The highest BCUT2D eigenvalue weighted by atomic mass is 31.2. The van der Waals surface area contributed by atoms with Crippen molar-refractivity contribution < 1.29 is 33.8 Å². The molecule has 0 spiro atoms. The molecule has 0 aromatic carbocycles. The maximum Gasteiger partial charge on any atom is 0.415 e. The number of Topliss-reactive ketones (excluding diaryl/α,β-unsaturated/α-hetero) is 1. The van der Waals surface area contributed by atoms with E-state index in [4.69, 9.17) is 24.5 Å². The largest absolute Gasteiger partial charge is 0.415 e. The van der Waals surface area contributed by atoms with E-state index in [1.807, 2.05) is 0 Å². The van der Waals surface area contributed by atoms with E-state index in [1.165, 1.54) is 0 Å². The molecule has 0 bridgehead atoms. The first-order chi connectivity index (χ1) is 5.54. The Morgan fingerprint density at radius 1 is 1.38 bits per heavy atom. The van der Waals surface area contributed by atoms with Crippen LogP contribution in [0.1, 0.15) is 6.92 Å². The molecule has 7 nitrogen and oxygen atoms in total. The van der Waals surface area contributed by atoms with Crippen LogP contribution in [0.2, 0.25) is 0 Å². The second kappa shape index (κ2) is 4.11. The molecule has 1 unspecified atom stereocenters. The zero-order valence-electron chi connectivity index (χ0n) is 6.73. The van der Waals surface area contributed by atoms with Crippen molar-refractivity contribution in [2.45, 2.75) is 12.6 Å². The zero-order chi connectivity index (χ0) is 10.9. The van der Waals surface area contributed by atoms with Gasteiger partial charge in [0.05, 0.1) is 0 Å². The molecule has 0 aromatic rings. The van der Waals surface area contributed by atoms with E-state index in [1.54, 1.807) is 0 Å². The summed E-state index contributed by atoms with van der Waals surface area (Å²) in [6, 6.07) is 0. The van der Waals surface area contributed by atoms with E-state index in [2.05, 4.69) is 0 Å². The van der Waals surface area contributed by atoms with Gasteiger partial charge in [-0.25, -0.2) is 0 Å². The molecule has 0 heterocycles. The first-order valence-corrected chi connectivity index (χ1v) is 6.67. The van der Waals surface area contributed by atoms with Crippen LogP contribution < -0.4 is 0 Å². The van der Waals surface area contributed by atoms with E-state index in [-0.39, 0.29) is 0 Å². The Morgan fingerprint density at radius 3 is 1.85 bits per heavy atom. The van der Waals surface area contributed by atoms with Gasteiger partial charge in [0.15, 0.2) is 5.78 Å². The number of carbonyl (C=O) groups is 1. The molecule has 0 aromatic heterocycles. The van der Waals surface area contributed by atoms with Crippen molar-refractivity contribution in [3.63, 3.8) is 0 Å². The Morgan fingerprint density at radius 2 is 1.77 bits per heavy atom. The summed E-state index contributed by atoms with van der Waals surface area (Å²) in [6.45, 7) is 0.914. The van der Waals surface area contributed by atoms with Crippen molar-refractivity contribution in [3.8, 4) is 0 Å². The van der Waals surface area contributed by atoms with Crippen LogP contribution in [0.5, 0.6) is 0 Å². The maximum absolute atomic E-state index is 10.7. The number of hydrogen-bond acceptors (Lipinski definition) is 5. The standard InChI is InChI=1S/C4H10O7P2/c1-3(5)4(13(9,10)11)2-12(6,7)8/h4,9-11H,2H2,1H3,(H-,6,7,8)/p+1. The van der Waals surface area contributed by atoms with Gasteiger partial charge in [0.1, 0.15) is 6.16 Å². The smallest absolute Gasteiger partial charge is 0.324 e. The van der Waals surface area contributed by atoms with Crippen LogP contribution in [-0.4, -0.2) is 42.1 Å². The van der Waals surface area contributed by atoms with Crippen molar-refractivity contribution in [1.29, 1.82) is 0 Å². The van der Waals surface area contributed by atoms with E-state index < -0.39 is 33.1 Å². The van der Waals surface area contributed by atoms with Crippen LogP contribution in [0, 0.1) is 0 Å². The molecule has 0 aliphatic rings. The first kappa shape index (κ1) is 13.1. The zero-order valence-corrected chi connectivity index (χ0v) is 8.52. The molecular weight excluding hydrogens is 222 g/mol. The predicted molar refractivity (Wildman–Crippen MR) is 45.0 cm³/mol. The average molecular weight is 233 g/mol. The normalized spacial score (nSPS) is 15.5. The summed E-state index contributed by atoms with van der Waals surface area (Å²) in [5.41, 5.74) is -1.80. The molecule has 0 rings (SSSR count). The van der Waals surface area contributed by atoms with Crippen molar-refractivity contribution in [2.24, 2.45) is 0 Å². The average Bonchev–Trinajstić information content (AvgIpc) is 1.77. The fraction of sp³-hybridized carbons (Fsp3) is 0.750. The van der Waals surface area contributed by atoms with Crippen molar-refractivity contribution in [1.82, 2.24) is 0 Å². The second-order valence-corrected chi connectivity index (χ2v) is 6.14. The molecular formula is C4H11O7P2+. The third-order valence-corrected chi connectivity index (χ3v) is 3.81. The predicted octanol–water partition coefficient (Wildman–Crippen LogP) is -1.14. The van der Waals surface area contributed by atoms with Crippen molar-refractivity contribution in [2.75, 3.05) is 6.16 Å². The molecule has 0 amide bonds. The van der Waals surface area contributed by atoms with Gasteiger partial charge in [-0.1, -0.05) is 0 Å². The molecule has 13 heavy (non-hydrogen) atoms. The summed E-state index contributed by atoms with van der Waals surface area (Å²) >= 11 is 0. The van der Waals surface area contributed by atoms with E-state index in [0.29, 0.717) is 0 Å². The number of ketones is 1. The lowest BCUT2D eigenvalue weighted by atomic mass is 10.3. The highest BCUT2D eigenvalue weighted by Crippen LogP contribution is 2.55. The fourth-order valence-corrected chi connectivity index (χ4v) is 3.42. The third-order valence-electron chi connectivity index (χ3n) is 1.30. The molecule has 0 fully saturated rings. The Bertz CT molecular complexity index is 237. The van der Waals surface area contributed by atoms with E-state index >= 15 is 0 Å². The van der Waals surface area contributed by atoms with Gasteiger partial charge in [0.25, 0.3) is 0 Å². The summed E-state index contributed by atoms with van der Waals surface area (Å²) in [5.74, 6) is -0.871. The number of carbonyl (C=O) groups excluding carboxylic acids is 1. The van der Waals surface area contributed by atoms with Gasteiger partial charge in [0, 0.05) is 0 Å². The van der Waals surface area contributed by atoms with Crippen LogP contribution in [0.15, 0.2) is 0 Å². The minimum absolute atomic E-state index is 0.871. The van der Waals surface area contributed by atoms with Crippen LogP contribution >= 0.6 is 15.5 Å². The summed E-state index contributed by atoms with van der Waals surface area (Å²) in [4.78, 5) is 53.6. The second-order valence-electron chi connectivity index (χ2n) is 2.59. The van der Waals surface area contributed by atoms with Crippen LogP contribution in [-0.2, 0) is 9.36 Å². The minimum Gasteiger partial charge on any atom is -0.324 e. The van der Waals surface area contributed by atoms with Gasteiger partial charge in [-0.3, -0.25) is 9.36 Å². The molecule has 1 atom stereocenters. The van der Waals surface area contributed by atoms with Crippen LogP contribution in [0.25, 0.3) is 0 Å². The Hall–Kier alpha value is 0.130. The minimum atomic E-state index is -4.55. The van der Waals surface area contributed by atoms with Gasteiger partial charge >= 0.3 is 15.5 Å². The molecule has 9 heteroatoms. The van der Waals surface area contributed by atoms with Gasteiger partial charge in [-0.15, -0.1) is 0 Å². The molecule has 0 aliphatic heterocycles. The topological polar surface area (TPSA) is 135 Å². The fourth-order valence-electron chi connectivity index (χ4n) is 0.707. The maximum atomic E-state index is 10.7. The number of rotatable bonds is 4. The molecule has 0 saturated heterocycles. The third kappa shape index (κ3) is 5.44. The Kier molecular flexibility index (Phi) is 4.15. The van der Waals surface area contributed by atoms with Crippen LogP contribution in [0.4, 0.5) is 0 Å². The quantitative estimate of drug-likeness (QED) is 0.387. The molecule has 78 valence electrons. The lowest BCUT2D eigenvalue weighted by Crippen LogP contribution is -2.25. The monoisotopic (exact) mass is 233 g/mol. The summed E-state index contributed by atoms with van der Waals surface area (Å²) in [5, 5.41) is 0. The first-order valence-electron chi connectivity index (χ1n) is 3.16. The summed E-state index contributed by atoms with van der Waals surface area (Å²) in [6.07, 6.45) is -1.06. The van der Waals surface area contributed by atoms with Gasteiger partial charge in [-0.05, 0) is 6.92 Å². The summed E-state index contributed by atoms with van der Waals surface area (Å²) < 4.78 is 10.4. The highest BCUT2D eigenvalue weighted by Gasteiger charge is 2.49. The van der Waals surface area contributed by atoms with E-state index in [9.17, 15) is 9.36 Å². The molecule has 5 N–H and O–H groups in total. The Balaban J connectivity index is 4.66.